The standard InChI is InChI=1S/C13H17NOS/c1-3-10-7-14-8-12(10)13(5-1)15-9-11-4-2-6-16-11/h1,3,5,11,14H,2,4,6-9H2. The molecule has 1 aromatic carbocycles. The van der Waals surface area contributed by atoms with E-state index >= 15 is 0 Å². The quantitative estimate of drug-likeness (QED) is 0.870. The Morgan fingerprint density at radius 3 is 3.25 bits per heavy atom. The Morgan fingerprint density at radius 1 is 1.38 bits per heavy atom. The van der Waals surface area contributed by atoms with Gasteiger partial charge in [-0.3, -0.25) is 0 Å². The first kappa shape index (κ1) is 10.5. The van der Waals surface area contributed by atoms with E-state index in [-0.39, 0.29) is 0 Å². The minimum Gasteiger partial charge on any atom is -0.492 e. The smallest absolute Gasteiger partial charge is 0.124 e. The molecular formula is C13H17NOS. The lowest BCUT2D eigenvalue weighted by Gasteiger charge is -2.13. The molecule has 0 aromatic heterocycles. The van der Waals surface area contributed by atoms with E-state index in [0.29, 0.717) is 5.25 Å². The van der Waals surface area contributed by atoms with E-state index < -0.39 is 0 Å². The van der Waals surface area contributed by atoms with E-state index in [9.17, 15) is 0 Å². The molecule has 86 valence electrons. The number of hydrogen-bond donors (Lipinski definition) is 1. The van der Waals surface area contributed by atoms with Gasteiger partial charge in [0.2, 0.25) is 0 Å². The van der Waals surface area contributed by atoms with Crippen molar-refractivity contribution >= 4 is 11.8 Å². The maximum Gasteiger partial charge on any atom is 0.124 e. The molecule has 2 heterocycles. The van der Waals surface area contributed by atoms with E-state index in [1.54, 1.807) is 0 Å². The highest BCUT2D eigenvalue weighted by atomic mass is 32.2. The maximum atomic E-state index is 5.97. The van der Waals surface area contributed by atoms with Crippen molar-refractivity contribution in [2.45, 2.75) is 31.2 Å². The zero-order valence-corrected chi connectivity index (χ0v) is 10.2. The van der Waals surface area contributed by atoms with Crippen molar-refractivity contribution in [3.05, 3.63) is 29.3 Å². The Labute approximate surface area is 101 Å². The third-order valence-corrected chi connectivity index (χ3v) is 4.66. The molecule has 1 N–H and O–H groups in total. The van der Waals surface area contributed by atoms with Gasteiger partial charge >= 0.3 is 0 Å². The number of hydrogen-bond acceptors (Lipinski definition) is 3. The summed E-state index contributed by atoms with van der Waals surface area (Å²) >= 11 is 2.05. The molecule has 1 unspecified atom stereocenters. The highest BCUT2D eigenvalue weighted by Gasteiger charge is 2.18. The lowest BCUT2D eigenvalue weighted by molar-refractivity contribution is 0.312. The first-order chi connectivity index (χ1) is 7.93. The minimum absolute atomic E-state index is 0.713. The predicted molar refractivity (Wildman–Crippen MR) is 68.0 cm³/mol. The zero-order valence-electron chi connectivity index (χ0n) is 9.37. The van der Waals surface area contributed by atoms with Crippen LogP contribution in [-0.4, -0.2) is 17.6 Å². The van der Waals surface area contributed by atoms with Crippen LogP contribution in [0.25, 0.3) is 0 Å². The van der Waals surface area contributed by atoms with Crippen molar-refractivity contribution in [2.75, 3.05) is 12.4 Å². The summed E-state index contributed by atoms with van der Waals surface area (Å²) in [6, 6.07) is 6.39. The molecule has 2 nitrogen and oxygen atoms in total. The van der Waals surface area contributed by atoms with Crippen LogP contribution < -0.4 is 10.1 Å². The normalized spacial score (nSPS) is 23.4. The molecule has 0 saturated carbocycles. The van der Waals surface area contributed by atoms with E-state index in [1.165, 1.54) is 29.7 Å². The molecule has 2 aliphatic rings. The fraction of sp³-hybridized carbons (Fsp3) is 0.538. The first-order valence-corrected chi connectivity index (χ1v) is 7.04. The number of fused-ring (bicyclic) bond motifs is 1. The summed E-state index contributed by atoms with van der Waals surface area (Å²) in [4.78, 5) is 0. The van der Waals surface area contributed by atoms with Gasteiger partial charge in [-0.1, -0.05) is 12.1 Å². The van der Waals surface area contributed by atoms with Crippen molar-refractivity contribution in [3.63, 3.8) is 0 Å². The molecule has 0 radical (unpaired) electrons. The van der Waals surface area contributed by atoms with Gasteiger partial charge in [0.15, 0.2) is 0 Å². The molecule has 1 fully saturated rings. The summed E-state index contributed by atoms with van der Waals surface area (Å²) in [5.74, 6) is 2.40. The summed E-state index contributed by atoms with van der Waals surface area (Å²) in [5.41, 5.74) is 2.77. The van der Waals surface area contributed by atoms with E-state index in [1.807, 2.05) is 0 Å². The monoisotopic (exact) mass is 235 g/mol. The number of thioether (sulfide) groups is 1. The van der Waals surface area contributed by atoms with Gasteiger partial charge in [0.1, 0.15) is 12.4 Å². The van der Waals surface area contributed by atoms with Gasteiger partial charge in [0.25, 0.3) is 0 Å². The van der Waals surface area contributed by atoms with Crippen LogP contribution in [0.5, 0.6) is 5.75 Å². The van der Waals surface area contributed by atoms with Gasteiger partial charge < -0.3 is 10.1 Å². The zero-order chi connectivity index (χ0) is 10.8. The molecule has 1 atom stereocenters. The van der Waals surface area contributed by atoms with Crippen LogP contribution in [0.1, 0.15) is 24.0 Å². The second-order valence-electron chi connectivity index (χ2n) is 4.44. The summed E-state index contributed by atoms with van der Waals surface area (Å²) in [7, 11) is 0. The number of ether oxygens (including phenoxy) is 1. The molecule has 3 heteroatoms. The van der Waals surface area contributed by atoms with Crippen molar-refractivity contribution in [2.24, 2.45) is 0 Å². The van der Waals surface area contributed by atoms with Crippen LogP contribution in [0.4, 0.5) is 0 Å². The SMILES string of the molecule is c1cc2c(c(OCC3CCCS3)c1)CNC2. The molecule has 16 heavy (non-hydrogen) atoms. The Hall–Kier alpha value is -0.670. The van der Waals surface area contributed by atoms with Crippen LogP contribution in [0.2, 0.25) is 0 Å². The molecular weight excluding hydrogens is 218 g/mol. The fourth-order valence-corrected chi connectivity index (χ4v) is 3.56. The van der Waals surface area contributed by atoms with Crippen molar-refractivity contribution < 1.29 is 4.74 Å². The van der Waals surface area contributed by atoms with Crippen LogP contribution in [0, 0.1) is 0 Å². The van der Waals surface area contributed by atoms with Crippen LogP contribution in [0.3, 0.4) is 0 Å². The van der Waals surface area contributed by atoms with Crippen LogP contribution >= 0.6 is 11.8 Å². The first-order valence-electron chi connectivity index (χ1n) is 5.99. The Kier molecular flexibility index (Phi) is 3.06. The predicted octanol–water partition coefficient (Wildman–Crippen LogP) is 2.56. The second-order valence-corrected chi connectivity index (χ2v) is 5.85. The van der Waals surface area contributed by atoms with E-state index in [4.69, 9.17) is 4.74 Å². The molecule has 0 spiro atoms. The van der Waals surface area contributed by atoms with E-state index in [2.05, 4.69) is 35.3 Å². The molecule has 1 aromatic rings. The Morgan fingerprint density at radius 2 is 2.38 bits per heavy atom. The average Bonchev–Trinajstić information content (AvgIpc) is 2.97. The largest absolute Gasteiger partial charge is 0.492 e. The number of rotatable bonds is 3. The van der Waals surface area contributed by atoms with Gasteiger partial charge in [-0.05, 0) is 30.2 Å². The molecule has 0 amide bonds. The average molecular weight is 235 g/mol. The summed E-state index contributed by atoms with van der Waals surface area (Å²) in [5, 5.41) is 4.08. The van der Waals surface area contributed by atoms with E-state index in [0.717, 1.165) is 25.4 Å². The van der Waals surface area contributed by atoms with Gasteiger partial charge in [-0.15, -0.1) is 0 Å². The Bertz CT molecular complexity index is 374. The van der Waals surface area contributed by atoms with Crippen LogP contribution in [-0.2, 0) is 13.1 Å². The van der Waals surface area contributed by atoms with Gasteiger partial charge in [0.05, 0.1) is 0 Å². The summed E-state index contributed by atoms with van der Waals surface area (Å²) in [6.07, 6.45) is 2.67. The molecule has 1 saturated heterocycles. The van der Waals surface area contributed by atoms with Crippen molar-refractivity contribution in [1.82, 2.24) is 5.32 Å². The third kappa shape index (κ3) is 2.06. The van der Waals surface area contributed by atoms with Crippen molar-refractivity contribution in [3.8, 4) is 5.75 Å². The minimum atomic E-state index is 0.713. The summed E-state index contributed by atoms with van der Waals surface area (Å²) in [6.45, 7) is 2.83. The molecule has 2 aliphatic heterocycles. The van der Waals surface area contributed by atoms with Gasteiger partial charge in [0, 0.05) is 23.9 Å². The highest BCUT2D eigenvalue weighted by molar-refractivity contribution is 8.00. The van der Waals surface area contributed by atoms with Gasteiger partial charge in [-0.2, -0.15) is 11.8 Å². The molecule has 3 rings (SSSR count). The van der Waals surface area contributed by atoms with Gasteiger partial charge in [-0.25, -0.2) is 0 Å². The highest BCUT2D eigenvalue weighted by Crippen LogP contribution is 2.29. The summed E-state index contributed by atoms with van der Waals surface area (Å²) < 4.78 is 5.97. The van der Waals surface area contributed by atoms with Crippen molar-refractivity contribution in [1.29, 1.82) is 0 Å². The number of benzene rings is 1. The Balaban J connectivity index is 1.67. The second kappa shape index (κ2) is 4.68. The lowest BCUT2D eigenvalue weighted by Crippen LogP contribution is -2.12. The molecule has 0 aliphatic carbocycles. The lowest BCUT2D eigenvalue weighted by atomic mass is 10.1. The fourth-order valence-electron chi connectivity index (χ4n) is 2.39. The third-order valence-electron chi connectivity index (χ3n) is 3.30. The topological polar surface area (TPSA) is 21.3 Å². The van der Waals surface area contributed by atoms with Crippen LogP contribution in [0.15, 0.2) is 18.2 Å². The number of nitrogens with one attached hydrogen (secondary N) is 1. The maximum absolute atomic E-state index is 5.97. The molecule has 0 bridgehead atoms.